The number of nitrogens with zero attached hydrogens (tertiary/aromatic N) is 1. The van der Waals surface area contributed by atoms with Crippen LogP contribution in [-0.2, 0) is 6.18 Å². The molecule has 1 aromatic rings. The van der Waals surface area contributed by atoms with Gasteiger partial charge in [0.15, 0.2) is 0 Å². The van der Waals surface area contributed by atoms with E-state index in [9.17, 15) is 13.2 Å². The lowest BCUT2D eigenvalue weighted by Gasteiger charge is -2.05. The number of pyridine rings is 1. The van der Waals surface area contributed by atoms with E-state index < -0.39 is 11.9 Å². The highest BCUT2D eigenvalue weighted by atomic mass is 35.5. The molecule has 5 heteroatoms. The van der Waals surface area contributed by atoms with Gasteiger partial charge in [-0.3, -0.25) is 0 Å². The van der Waals surface area contributed by atoms with Crippen LogP contribution in [0.1, 0.15) is 11.3 Å². The van der Waals surface area contributed by atoms with Gasteiger partial charge in [-0.2, -0.15) is 13.2 Å². The van der Waals surface area contributed by atoms with E-state index in [4.69, 9.17) is 18.0 Å². The average Bonchev–Trinajstić information content (AvgIpc) is 2.02. The number of halogens is 4. The van der Waals surface area contributed by atoms with E-state index in [1.807, 2.05) is 0 Å². The second kappa shape index (κ2) is 3.27. The molecule has 1 nitrogen and oxygen atoms in total. The lowest BCUT2D eigenvalue weighted by Crippen LogP contribution is -2.08. The first-order valence-electron chi connectivity index (χ1n) is 3.15. The Kier molecular flexibility index (Phi) is 2.48. The summed E-state index contributed by atoms with van der Waals surface area (Å²) in [6.45, 7) is 0. The van der Waals surface area contributed by atoms with Crippen molar-refractivity contribution in [1.82, 2.24) is 4.98 Å². The van der Waals surface area contributed by atoms with Gasteiger partial charge in [-0.25, -0.2) is 4.98 Å². The van der Waals surface area contributed by atoms with Crippen molar-refractivity contribution in [2.24, 2.45) is 0 Å². The first kappa shape index (κ1) is 9.87. The van der Waals surface area contributed by atoms with Gasteiger partial charge < -0.3 is 0 Å². The molecular formula is C8H3ClF3N. The minimum atomic E-state index is -4.49. The predicted octanol–water partition coefficient (Wildman–Crippen LogP) is 2.74. The van der Waals surface area contributed by atoms with Gasteiger partial charge in [0.05, 0.1) is 5.56 Å². The van der Waals surface area contributed by atoms with Gasteiger partial charge in [0.1, 0.15) is 10.8 Å². The number of aromatic nitrogens is 1. The minimum Gasteiger partial charge on any atom is -0.230 e. The third kappa shape index (κ3) is 2.13. The van der Waals surface area contributed by atoms with Crippen molar-refractivity contribution in [3.8, 4) is 12.3 Å². The van der Waals surface area contributed by atoms with Crippen LogP contribution in [0.2, 0.25) is 5.15 Å². The summed E-state index contributed by atoms with van der Waals surface area (Å²) in [6.07, 6.45) is 0.465. The fourth-order valence-corrected chi connectivity index (χ4v) is 0.908. The Hall–Kier alpha value is -1.21. The van der Waals surface area contributed by atoms with Crippen LogP contribution in [0.4, 0.5) is 13.2 Å². The lowest BCUT2D eigenvalue weighted by molar-refractivity contribution is -0.141. The molecule has 0 saturated carbocycles. The highest BCUT2D eigenvalue weighted by Gasteiger charge is 2.32. The SMILES string of the molecule is C#Cc1ccc(C(F)(F)F)nc1Cl. The molecular weight excluding hydrogens is 203 g/mol. The summed E-state index contributed by atoms with van der Waals surface area (Å²) in [5, 5.41) is -0.308. The van der Waals surface area contributed by atoms with Crippen LogP contribution in [0.15, 0.2) is 12.1 Å². The molecule has 1 rings (SSSR count). The van der Waals surface area contributed by atoms with Crippen molar-refractivity contribution in [2.75, 3.05) is 0 Å². The van der Waals surface area contributed by atoms with Crippen LogP contribution < -0.4 is 0 Å². The van der Waals surface area contributed by atoms with Gasteiger partial charge in [0, 0.05) is 0 Å². The van der Waals surface area contributed by atoms with Crippen LogP contribution in [0, 0.1) is 12.3 Å². The number of hydrogen-bond acceptors (Lipinski definition) is 1. The van der Waals surface area contributed by atoms with E-state index in [2.05, 4.69) is 10.9 Å². The second-order valence-corrected chi connectivity index (χ2v) is 2.53. The van der Waals surface area contributed by atoms with Crippen molar-refractivity contribution < 1.29 is 13.2 Å². The van der Waals surface area contributed by atoms with Crippen molar-refractivity contribution in [3.05, 3.63) is 28.5 Å². The normalized spacial score (nSPS) is 11.0. The molecule has 13 heavy (non-hydrogen) atoms. The van der Waals surface area contributed by atoms with Crippen LogP contribution >= 0.6 is 11.6 Å². The second-order valence-electron chi connectivity index (χ2n) is 2.18. The molecule has 1 heterocycles. The van der Waals surface area contributed by atoms with Crippen molar-refractivity contribution >= 4 is 11.6 Å². The first-order chi connectivity index (χ1) is 5.95. The van der Waals surface area contributed by atoms with E-state index in [1.54, 1.807) is 0 Å². The average molecular weight is 206 g/mol. The topological polar surface area (TPSA) is 12.9 Å². The maximum absolute atomic E-state index is 12.0. The molecule has 0 radical (unpaired) electrons. The Morgan fingerprint density at radius 3 is 2.38 bits per heavy atom. The zero-order valence-corrected chi connectivity index (χ0v) is 6.95. The smallest absolute Gasteiger partial charge is 0.230 e. The number of terminal acetylenes is 1. The summed E-state index contributed by atoms with van der Waals surface area (Å²) >= 11 is 5.38. The summed E-state index contributed by atoms with van der Waals surface area (Å²) in [6, 6.07) is 1.90. The zero-order chi connectivity index (χ0) is 10.1. The van der Waals surface area contributed by atoms with E-state index in [0.29, 0.717) is 0 Å². The number of hydrogen-bond donors (Lipinski definition) is 0. The summed E-state index contributed by atoms with van der Waals surface area (Å²) in [5.74, 6) is 2.11. The standard InChI is InChI=1S/C8H3ClF3N/c1-2-5-3-4-6(8(10,11)12)13-7(5)9/h1,3-4H. The number of rotatable bonds is 0. The third-order valence-corrected chi connectivity index (χ3v) is 1.58. The van der Waals surface area contributed by atoms with Crippen molar-refractivity contribution in [2.45, 2.75) is 6.18 Å². The Balaban J connectivity index is 3.20. The molecule has 0 bridgehead atoms. The van der Waals surface area contributed by atoms with E-state index >= 15 is 0 Å². The van der Waals surface area contributed by atoms with E-state index in [0.717, 1.165) is 12.1 Å². The first-order valence-corrected chi connectivity index (χ1v) is 3.53. The summed E-state index contributed by atoms with van der Waals surface area (Å²) in [5.41, 5.74) is -0.897. The monoisotopic (exact) mass is 205 g/mol. The van der Waals surface area contributed by atoms with Crippen LogP contribution in [-0.4, -0.2) is 4.98 Å². The van der Waals surface area contributed by atoms with E-state index in [-0.39, 0.29) is 10.7 Å². The summed E-state index contributed by atoms with van der Waals surface area (Å²) in [7, 11) is 0. The molecule has 0 aliphatic rings. The lowest BCUT2D eigenvalue weighted by atomic mass is 10.2. The maximum atomic E-state index is 12.0. The molecule has 68 valence electrons. The zero-order valence-electron chi connectivity index (χ0n) is 6.19. The minimum absolute atomic E-state index is 0.148. The molecule has 0 fully saturated rings. The van der Waals surface area contributed by atoms with Gasteiger partial charge in [-0.05, 0) is 12.1 Å². The van der Waals surface area contributed by atoms with Gasteiger partial charge in [-0.1, -0.05) is 17.5 Å². The third-order valence-electron chi connectivity index (χ3n) is 1.29. The molecule has 1 aromatic heterocycles. The molecule has 0 aliphatic carbocycles. The fourth-order valence-electron chi connectivity index (χ4n) is 0.700. The van der Waals surface area contributed by atoms with Crippen LogP contribution in [0.5, 0.6) is 0 Å². The number of alkyl halides is 3. The predicted molar refractivity (Wildman–Crippen MR) is 42.2 cm³/mol. The van der Waals surface area contributed by atoms with Gasteiger partial charge in [0.25, 0.3) is 0 Å². The molecule has 0 amide bonds. The highest BCUT2D eigenvalue weighted by Crippen LogP contribution is 2.29. The Morgan fingerprint density at radius 2 is 2.00 bits per heavy atom. The molecule has 0 spiro atoms. The molecule has 0 N–H and O–H groups in total. The van der Waals surface area contributed by atoms with Crippen molar-refractivity contribution in [1.29, 1.82) is 0 Å². The Bertz CT molecular complexity index is 365. The molecule has 0 aromatic carbocycles. The quantitative estimate of drug-likeness (QED) is 0.469. The highest BCUT2D eigenvalue weighted by molar-refractivity contribution is 6.30. The Labute approximate surface area is 77.5 Å². The van der Waals surface area contributed by atoms with Gasteiger partial charge in [-0.15, -0.1) is 6.42 Å². The van der Waals surface area contributed by atoms with E-state index in [1.165, 1.54) is 0 Å². The van der Waals surface area contributed by atoms with Crippen molar-refractivity contribution in [3.63, 3.8) is 0 Å². The molecule has 0 aliphatic heterocycles. The van der Waals surface area contributed by atoms with Gasteiger partial charge >= 0.3 is 6.18 Å². The summed E-state index contributed by atoms with van der Waals surface area (Å²) in [4.78, 5) is 3.11. The maximum Gasteiger partial charge on any atom is 0.433 e. The summed E-state index contributed by atoms with van der Waals surface area (Å²) < 4.78 is 36.1. The largest absolute Gasteiger partial charge is 0.433 e. The van der Waals surface area contributed by atoms with Gasteiger partial charge in [0.2, 0.25) is 0 Å². The van der Waals surface area contributed by atoms with Crippen LogP contribution in [0.25, 0.3) is 0 Å². The molecule has 0 saturated heterocycles. The Morgan fingerprint density at radius 1 is 1.38 bits per heavy atom. The fraction of sp³-hybridized carbons (Fsp3) is 0.125. The molecule has 0 atom stereocenters. The van der Waals surface area contributed by atoms with Crippen LogP contribution in [0.3, 0.4) is 0 Å². The molecule has 0 unspecified atom stereocenters.